The average Bonchev–Trinajstić information content (AvgIpc) is 2.49. The van der Waals surface area contributed by atoms with E-state index in [2.05, 4.69) is 0 Å². The van der Waals surface area contributed by atoms with Crippen molar-refractivity contribution in [1.82, 2.24) is 0 Å². The summed E-state index contributed by atoms with van der Waals surface area (Å²) in [5.41, 5.74) is 0. The molecule has 0 amide bonds. The van der Waals surface area contributed by atoms with Crippen LogP contribution in [-0.4, -0.2) is 104 Å². The molecule has 0 aromatic carbocycles. The van der Waals surface area contributed by atoms with Gasteiger partial charge in [-0.2, -0.15) is 0 Å². The number of ether oxygens (including phenoxy) is 3. The Balaban J connectivity index is 1.92. The molecule has 7 N–H and O–H groups in total. The Morgan fingerprint density at radius 2 is 1.32 bits per heavy atom. The van der Waals surface area contributed by atoms with Gasteiger partial charge < -0.3 is 50.0 Å². The van der Waals surface area contributed by atoms with E-state index in [4.69, 9.17) is 14.2 Å². The first-order valence-corrected chi connectivity index (χ1v) is 6.93. The van der Waals surface area contributed by atoms with Gasteiger partial charge in [0.25, 0.3) is 0 Å². The Bertz CT molecular complexity index is 334. The summed E-state index contributed by atoms with van der Waals surface area (Å²) in [5.74, 6) is 0. The van der Waals surface area contributed by atoms with Crippen LogP contribution in [0, 0.1) is 0 Å². The molecule has 2 heterocycles. The van der Waals surface area contributed by atoms with Gasteiger partial charge in [-0.15, -0.1) is 0 Å². The van der Waals surface area contributed by atoms with E-state index in [1.54, 1.807) is 0 Å². The van der Waals surface area contributed by atoms with Crippen molar-refractivity contribution in [1.29, 1.82) is 0 Å². The summed E-state index contributed by atoms with van der Waals surface area (Å²) in [6, 6.07) is 0. The maximum Gasteiger partial charge on any atom is 0.186 e. The lowest BCUT2D eigenvalue weighted by Crippen LogP contribution is -2.60. The fourth-order valence-corrected chi connectivity index (χ4v) is 2.41. The highest BCUT2D eigenvalue weighted by Crippen LogP contribution is 2.24. The molecule has 2 aliphatic rings. The summed E-state index contributed by atoms with van der Waals surface area (Å²) in [6.07, 6.45) is -14.0. The minimum absolute atomic E-state index is 0.390. The van der Waals surface area contributed by atoms with E-state index in [1.165, 1.54) is 6.92 Å². The summed E-state index contributed by atoms with van der Waals surface area (Å²) in [6.45, 7) is 1.09. The number of hydrogen-bond acceptors (Lipinski definition) is 10. The van der Waals surface area contributed by atoms with Crippen LogP contribution in [-0.2, 0) is 14.2 Å². The smallest absolute Gasteiger partial charge is 0.186 e. The van der Waals surface area contributed by atoms with Gasteiger partial charge in [0.05, 0.1) is 12.7 Å². The zero-order valence-corrected chi connectivity index (χ0v) is 11.8. The van der Waals surface area contributed by atoms with Crippen molar-refractivity contribution in [2.24, 2.45) is 0 Å². The van der Waals surface area contributed by atoms with Crippen molar-refractivity contribution in [3.8, 4) is 0 Å². The van der Waals surface area contributed by atoms with Crippen LogP contribution < -0.4 is 0 Å². The summed E-state index contributed by atoms with van der Waals surface area (Å²) in [5, 5.41) is 67.0. The molecule has 2 aliphatic heterocycles. The molecule has 0 spiro atoms. The topological polar surface area (TPSA) is 169 Å². The Labute approximate surface area is 126 Å². The maximum atomic E-state index is 9.76. The van der Waals surface area contributed by atoms with E-state index in [1.807, 2.05) is 0 Å². The fraction of sp³-hybridized carbons (Fsp3) is 1.00. The Hall–Kier alpha value is -0.400. The minimum Gasteiger partial charge on any atom is -0.388 e. The van der Waals surface area contributed by atoms with Crippen molar-refractivity contribution in [2.45, 2.75) is 68.3 Å². The third kappa shape index (κ3) is 3.41. The molecule has 0 saturated carbocycles. The first-order valence-electron chi connectivity index (χ1n) is 6.93. The Kier molecular flexibility index (Phi) is 5.72. The van der Waals surface area contributed by atoms with Gasteiger partial charge in [-0.1, -0.05) is 0 Å². The molecule has 0 aromatic heterocycles. The van der Waals surface area contributed by atoms with Crippen LogP contribution in [0.2, 0.25) is 0 Å². The summed E-state index contributed by atoms with van der Waals surface area (Å²) >= 11 is 0. The number of aliphatic hydroxyl groups is 7. The normalized spacial score (nSPS) is 53.5. The predicted octanol–water partition coefficient (Wildman–Crippen LogP) is -4.37. The van der Waals surface area contributed by atoms with E-state index in [9.17, 15) is 35.7 Å². The third-order valence-corrected chi connectivity index (χ3v) is 3.92. The predicted molar refractivity (Wildman–Crippen MR) is 67.2 cm³/mol. The molecule has 10 atom stereocenters. The van der Waals surface area contributed by atoms with Crippen molar-refractivity contribution in [2.75, 3.05) is 6.61 Å². The van der Waals surface area contributed by atoms with Gasteiger partial charge in [-0.25, -0.2) is 0 Å². The van der Waals surface area contributed by atoms with E-state index < -0.39 is 61.4 Å². The van der Waals surface area contributed by atoms with E-state index >= 15 is 0 Å². The van der Waals surface area contributed by atoms with Crippen LogP contribution >= 0.6 is 0 Å². The average molecular weight is 326 g/mol. The van der Waals surface area contributed by atoms with E-state index in [-0.39, 0.29) is 6.61 Å². The van der Waals surface area contributed by atoms with Crippen LogP contribution in [0.3, 0.4) is 0 Å². The zero-order valence-electron chi connectivity index (χ0n) is 11.8. The lowest BCUT2D eigenvalue weighted by Gasteiger charge is -2.41. The highest BCUT2D eigenvalue weighted by molar-refractivity contribution is 4.90. The van der Waals surface area contributed by atoms with E-state index in [0.29, 0.717) is 0 Å². The van der Waals surface area contributed by atoms with Gasteiger partial charge in [0.1, 0.15) is 42.7 Å². The standard InChI is InChI=1S/C12H22O10/c1-3-5(13)7(15)10(18)12(21-3)20-2-4-6(14)8(16)9(17)11(19)22-4/h3-19H,2H2,1H3/t3-,4+,5+,6-,7+,8-,9+,10-,11+,12-/m0/s1. The van der Waals surface area contributed by atoms with Crippen LogP contribution in [0.15, 0.2) is 0 Å². The molecule has 0 aromatic rings. The van der Waals surface area contributed by atoms with Gasteiger partial charge in [0.15, 0.2) is 12.6 Å². The molecule has 0 radical (unpaired) electrons. The van der Waals surface area contributed by atoms with Crippen molar-refractivity contribution in [3.63, 3.8) is 0 Å². The Morgan fingerprint density at radius 1 is 0.727 bits per heavy atom. The minimum atomic E-state index is -1.70. The first kappa shape index (κ1) is 17.9. The van der Waals surface area contributed by atoms with Gasteiger partial charge in [-0.3, -0.25) is 0 Å². The summed E-state index contributed by atoms with van der Waals surface area (Å²) < 4.78 is 15.3. The van der Waals surface area contributed by atoms with Gasteiger partial charge in [-0.05, 0) is 6.92 Å². The van der Waals surface area contributed by atoms with Crippen LogP contribution in [0.5, 0.6) is 0 Å². The largest absolute Gasteiger partial charge is 0.388 e. The van der Waals surface area contributed by atoms with Gasteiger partial charge >= 0.3 is 0 Å². The second kappa shape index (κ2) is 7.01. The lowest BCUT2D eigenvalue weighted by atomic mass is 9.99. The molecule has 0 aliphatic carbocycles. The molecular formula is C12H22O10. The molecule has 10 heteroatoms. The summed E-state index contributed by atoms with van der Waals surface area (Å²) in [4.78, 5) is 0. The number of aliphatic hydroxyl groups excluding tert-OH is 7. The van der Waals surface area contributed by atoms with Gasteiger partial charge in [0, 0.05) is 0 Å². The maximum absolute atomic E-state index is 9.76. The van der Waals surface area contributed by atoms with E-state index in [0.717, 1.165) is 0 Å². The number of hydrogen-bond donors (Lipinski definition) is 7. The highest BCUT2D eigenvalue weighted by atomic mass is 16.7. The second-order valence-corrected chi connectivity index (χ2v) is 5.55. The molecular weight excluding hydrogens is 304 g/mol. The summed E-state index contributed by atoms with van der Waals surface area (Å²) in [7, 11) is 0. The molecule has 0 unspecified atom stereocenters. The molecule has 22 heavy (non-hydrogen) atoms. The molecule has 2 rings (SSSR count). The van der Waals surface area contributed by atoms with Crippen molar-refractivity contribution < 1.29 is 50.0 Å². The lowest BCUT2D eigenvalue weighted by molar-refractivity contribution is -0.322. The highest BCUT2D eigenvalue weighted by Gasteiger charge is 2.45. The van der Waals surface area contributed by atoms with Crippen LogP contribution in [0.1, 0.15) is 6.92 Å². The van der Waals surface area contributed by atoms with Crippen LogP contribution in [0.25, 0.3) is 0 Å². The molecule has 2 fully saturated rings. The molecule has 130 valence electrons. The number of rotatable bonds is 3. The van der Waals surface area contributed by atoms with Crippen molar-refractivity contribution >= 4 is 0 Å². The molecule has 10 nitrogen and oxygen atoms in total. The SMILES string of the molecule is C[C@@H]1O[C@H](OC[C@H]2O[C@@H](O)[C@H](O)[C@@H](O)[C@H]2O)[C@@H](O)[C@H](O)[C@@H]1O. The monoisotopic (exact) mass is 326 g/mol. The van der Waals surface area contributed by atoms with Gasteiger partial charge in [0.2, 0.25) is 0 Å². The first-order chi connectivity index (χ1) is 10.2. The quantitative estimate of drug-likeness (QED) is 0.269. The van der Waals surface area contributed by atoms with Crippen molar-refractivity contribution in [3.05, 3.63) is 0 Å². The fourth-order valence-electron chi connectivity index (χ4n) is 2.41. The Morgan fingerprint density at radius 3 is 1.95 bits per heavy atom. The molecule has 2 saturated heterocycles. The molecule has 0 bridgehead atoms. The third-order valence-electron chi connectivity index (χ3n) is 3.92. The van der Waals surface area contributed by atoms with Crippen LogP contribution in [0.4, 0.5) is 0 Å². The second-order valence-electron chi connectivity index (χ2n) is 5.55. The zero-order chi connectivity index (χ0) is 16.6.